The summed E-state index contributed by atoms with van der Waals surface area (Å²) in [5, 5.41) is 8.81. The van der Waals surface area contributed by atoms with Crippen molar-refractivity contribution in [1.29, 1.82) is 0 Å². The number of hydrogen-bond acceptors (Lipinski definition) is 3. The van der Waals surface area contributed by atoms with Crippen LogP contribution >= 0.6 is 0 Å². The Morgan fingerprint density at radius 1 is 1.32 bits per heavy atom. The number of urea groups is 1. The Hall–Kier alpha value is -1.30. The highest BCUT2D eigenvalue weighted by Crippen LogP contribution is 2.28. The first-order valence-corrected chi connectivity index (χ1v) is 6.68. The fraction of sp³-hybridized carbons (Fsp3) is 0.846. The third-order valence-electron chi connectivity index (χ3n) is 3.24. The van der Waals surface area contributed by atoms with Gasteiger partial charge in [-0.1, -0.05) is 6.92 Å². The molecule has 2 amide bonds. The first-order chi connectivity index (χ1) is 8.91. The molecule has 6 heteroatoms. The molecule has 1 aliphatic carbocycles. The lowest BCUT2D eigenvalue weighted by molar-refractivity contribution is -0.141. The molecule has 0 saturated heterocycles. The van der Waals surface area contributed by atoms with E-state index in [9.17, 15) is 9.59 Å². The second kappa shape index (κ2) is 7.33. The number of nitrogens with zero attached hydrogens (tertiary/aromatic N) is 2. The molecule has 0 aliphatic heterocycles. The van der Waals surface area contributed by atoms with Crippen LogP contribution < -0.4 is 0 Å². The van der Waals surface area contributed by atoms with Gasteiger partial charge in [-0.3, -0.25) is 4.79 Å². The van der Waals surface area contributed by atoms with Crippen LogP contribution in [0, 0.1) is 11.8 Å². The van der Waals surface area contributed by atoms with Gasteiger partial charge in [-0.05, 0) is 18.8 Å². The summed E-state index contributed by atoms with van der Waals surface area (Å²) in [7, 11) is 3.31. The molecule has 0 heterocycles. The molecule has 0 radical (unpaired) electrons. The molecule has 19 heavy (non-hydrogen) atoms. The molecule has 6 nitrogen and oxygen atoms in total. The van der Waals surface area contributed by atoms with Crippen LogP contribution in [0.1, 0.15) is 19.8 Å². The summed E-state index contributed by atoms with van der Waals surface area (Å²) in [6.45, 7) is 3.64. The number of hydrogen-bond donors (Lipinski definition) is 1. The Bertz CT molecular complexity index is 318. The van der Waals surface area contributed by atoms with Crippen LogP contribution in [0.4, 0.5) is 4.79 Å². The summed E-state index contributed by atoms with van der Waals surface area (Å²) in [6, 6.07) is -0.178. The van der Waals surface area contributed by atoms with E-state index in [4.69, 9.17) is 9.84 Å². The van der Waals surface area contributed by atoms with Crippen molar-refractivity contribution in [1.82, 2.24) is 9.80 Å². The van der Waals surface area contributed by atoms with Gasteiger partial charge in [0.15, 0.2) is 0 Å². The zero-order valence-corrected chi connectivity index (χ0v) is 12.0. The van der Waals surface area contributed by atoms with Crippen molar-refractivity contribution in [3.8, 4) is 0 Å². The first kappa shape index (κ1) is 15.8. The average Bonchev–Trinajstić information content (AvgIpc) is 3.17. The number of amides is 2. The van der Waals surface area contributed by atoms with Crippen LogP contribution in [0.25, 0.3) is 0 Å². The topological polar surface area (TPSA) is 70.1 Å². The van der Waals surface area contributed by atoms with Gasteiger partial charge in [0.1, 0.15) is 0 Å². The number of carbonyl (C=O) groups is 2. The molecule has 0 aromatic heterocycles. The van der Waals surface area contributed by atoms with Crippen LogP contribution in [-0.4, -0.2) is 67.3 Å². The van der Waals surface area contributed by atoms with Crippen LogP contribution in [0.2, 0.25) is 0 Å². The van der Waals surface area contributed by atoms with E-state index < -0.39 is 11.9 Å². The minimum Gasteiger partial charge on any atom is -0.481 e. The third kappa shape index (κ3) is 5.92. The van der Waals surface area contributed by atoms with Gasteiger partial charge in [0.05, 0.1) is 12.5 Å². The van der Waals surface area contributed by atoms with E-state index in [0.717, 1.165) is 12.5 Å². The molecule has 1 rings (SSSR count). The normalized spacial score (nSPS) is 15.9. The van der Waals surface area contributed by atoms with E-state index in [0.29, 0.717) is 13.2 Å². The number of likely N-dealkylation sites (N-methyl/N-ethyl adjacent to an activating group) is 1. The molecule has 0 aromatic rings. The molecule has 1 fully saturated rings. The molecule has 0 bridgehead atoms. The predicted molar refractivity (Wildman–Crippen MR) is 71.0 cm³/mol. The Morgan fingerprint density at radius 2 is 1.95 bits per heavy atom. The number of carboxylic acids is 1. The largest absolute Gasteiger partial charge is 0.481 e. The van der Waals surface area contributed by atoms with E-state index >= 15 is 0 Å². The summed E-state index contributed by atoms with van der Waals surface area (Å²) in [5.74, 6) is -0.733. The van der Waals surface area contributed by atoms with E-state index in [1.54, 1.807) is 25.9 Å². The van der Waals surface area contributed by atoms with Gasteiger partial charge in [0.2, 0.25) is 0 Å². The highest BCUT2D eigenvalue weighted by Gasteiger charge is 2.22. The lowest BCUT2D eigenvalue weighted by atomic mass is 10.2. The van der Waals surface area contributed by atoms with Crippen molar-refractivity contribution in [3.63, 3.8) is 0 Å². The van der Waals surface area contributed by atoms with Crippen LogP contribution in [0.15, 0.2) is 0 Å². The fourth-order valence-corrected chi connectivity index (χ4v) is 1.69. The lowest BCUT2D eigenvalue weighted by Crippen LogP contribution is -2.43. The molecule has 0 aromatic carbocycles. The smallest absolute Gasteiger partial charge is 0.319 e. The lowest BCUT2D eigenvalue weighted by Gasteiger charge is -2.26. The Kier molecular flexibility index (Phi) is 6.08. The van der Waals surface area contributed by atoms with Crippen LogP contribution in [0.5, 0.6) is 0 Å². The van der Waals surface area contributed by atoms with Crippen molar-refractivity contribution in [2.24, 2.45) is 11.8 Å². The van der Waals surface area contributed by atoms with Gasteiger partial charge in [-0.25, -0.2) is 4.79 Å². The number of aliphatic carboxylic acids is 1. The summed E-state index contributed by atoms with van der Waals surface area (Å²) >= 11 is 0. The summed E-state index contributed by atoms with van der Waals surface area (Å²) in [4.78, 5) is 25.7. The molecule has 1 N–H and O–H groups in total. The average molecular weight is 272 g/mol. The molecule has 1 saturated carbocycles. The van der Waals surface area contributed by atoms with Gasteiger partial charge >= 0.3 is 12.0 Å². The molecule has 110 valence electrons. The molecule has 1 unspecified atom stereocenters. The van der Waals surface area contributed by atoms with Gasteiger partial charge < -0.3 is 19.6 Å². The molecule has 1 atom stereocenters. The maximum absolute atomic E-state index is 11.9. The minimum atomic E-state index is -0.893. The maximum atomic E-state index is 11.9. The van der Waals surface area contributed by atoms with Gasteiger partial charge in [0, 0.05) is 33.8 Å². The highest BCUT2D eigenvalue weighted by molar-refractivity contribution is 5.75. The fourth-order valence-electron chi connectivity index (χ4n) is 1.69. The molecule has 0 spiro atoms. The monoisotopic (exact) mass is 272 g/mol. The third-order valence-corrected chi connectivity index (χ3v) is 3.24. The Labute approximate surface area is 114 Å². The second-order valence-electron chi connectivity index (χ2n) is 5.34. The van der Waals surface area contributed by atoms with E-state index in [2.05, 4.69) is 0 Å². The Morgan fingerprint density at radius 3 is 2.47 bits per heavy atom. The van der Waals surface area contributed by atoms with Crippen molar-refractivity contribution >= 4 is 12.0 Å². The van der Waals surface area contributed by atoms with Gasteiger partial charge in [-0.2, -0.15) is 0 Å². The number of carbonyl (C=O) groups excluding carboxylic acids is 1. The maximum Gasteiger partial charge on any atom is 0.319 e. The zero-order valence-electron chi connectivity index (χ0n) is 12.0. The van der Waals surface area contributed by atoms with Gasteiger partial charge in [-0.15, -0.1) is 0 Å². The van der Waals surface area contributed by atoms with E-state index in [1.807, 2.05) is 0 Å². The second-order valence-corrected chi connectivity index (χ2v) is 5.34. The van der Waals surface area contributed by atoms with Crippen molar-refractivity contribution in [2.45, 2.75) is 19.8 Å². The minimum absolute atomic E-state index is 0.178. The molecular weight excluding hydrogens is 248 g/mol. The van der Waals surface area contributed by atoms with E-state index in [1.165, 1.54) is 17.7 Å². The van der Waals surface area contributed by atoms with Crippen LogP contribution in [0.3, 0.4) is 0 Å². The van der Waals surface area contributed by atoms with Crippen molar-refractivity contribution < 1.29 is 19.4 Å². The van der Waals surface area contributed by atoms with Crippen molar-refractivity contribution in [2.75, 3.05) is 40.4 Å². The SMILES string of the molecule is CC(CN(C)C(=O)N(C)CCOCC1CC1)C(=O)O. The molecule has 1 aliphatic rings. The first-order valence-electron chi connectivity index (χ1n) is 6.68. The zero-order chi connectivity index (χ0) is 14.4. The Balaban J connectivity index is 2.19. The quantitative estimate of drug-likeness (QED) is 0.672. The summed E-state index contributed by atoms with van der Waals surface area (Å²) in [6.07, 6.45) is 2.51. The van der Waals surface area contributed by atoms with Crippen molar-refractivity contribution in [3.05, 3.63) is 0 Å². The standard InChI is InChI=1S/C13H24N2O4/c1-10(12(16)17)8-15(3)13(18)14(2)6-7-19-9-11-4-5-11/h10-11H,4-9H2,1-3H3,(H,16,17). The number of rotatable bonds is 8. The number of carboxylic acid groups (broad SMARTS) is 1. The molecular formula is C13H24N2O4. The predicted octanol–water partition coefficient (Wildman–Crippen LogP) is 1.12. The highest BCUT2D eigenvalue weighted by atomic mass is 16.5. The summed E-state index contributed by atoms with van der Waals surface area (Å²) < 4.78 is 5.47. The van der Waals surface area contributed by atoms with Gasteiger partial charge in [0.25, 0.3) is 0 Å². The van der Waals surface area contributed by atoms with E-state index in [-0.39, 0.29) is 12.6 Å². The van der Waals surface area contributed by atoms with Crippen LogP contribution in [-0.2, 0) is 9.53 Å². The summed E-state index contributed by atoms with van der Waals surface area (Å²) in [5.41, 5.74) is 0. The number of ether oxygens (including phenoxy) is 1.